The van der Waals surface area contributed by atoms with Crippen molar-refractivity contribution in [3.05, 3.63) is 48.0 Å². The lowest BCUT2D eigenvalue weighted by Crippen LogP contribution is -2.04. The fourth-order valence-electron chi connectivity index (χ4n) is 1.90. The monoisotopic (exact) mass is 235 g/mol. The smallest absolute Gasteiger partial charge is 0.420 e. The van der Waals surface area contributed by atoms with Crippen LogP contribution in [0, 0.1) is 6.07 Å². The van der Waals surface area contributed by atoms with E-state index in [0.717, 1.165) is 6.07 Å². The van der Waals surface area contributed by atoms with Crippen LogP contribution in [-0.4, -0.2) is 0 Å². The van der Waals surface area contributed by atoms with E-state index < -0.39 is 11.7 Å². The summed E-state index contributed by atoms with van der Waals surface area (Å²) in [6, 6.07) is 11.8. The molecule has 0 spiro atoms. The van der Waals surface area contributed by atoms with Crippen molar-refractivity contribution in [3.63, 3.8) is 0 Å². The molecular formula is C13H6F3O. The van der Waals surface area contributed by atoms with Gasteiger partial charge in [0.1, 0.15) is 11.2 Å². The lowest BCUT2D eigenvalue weighted by Gasteiger charge is -2.05. The van der Waals surface area contributed by atoms with Gasteiger partial charge in [-0.05, 0) is 6.07 Å². The fraction of sp³-hybridized carbons (Fsp3) is 0.0769. The molecule has 0 N–H and O–H groups in total. The molecule has 0 bridgehead atoms. The molecule has 85 valence electrons. The predicted molar refractivity (Wildman–Crippen MR) is 57.6 cm³/mol. The van der Waals surface area contributed by atoms with Crippen molar-refractivity contribution in [2.24, 2.45) is 0 Å². The summed E-state index contributed by atoms with van der Waals surface area (Å²) in [5, 5.41) is 1.11. The Morgan fingerprint density at radius 3 is 2.53 bits per heavy atom. The molecule has 0 aliphatic carbocycles. The molecule has 0 unspecified atom stereocenters. The van der Waals surface area contributed by atoms with Crippen molar-refractivity contribution >= 4 is 21.9 Å². The Labute approximate surface area is 94.5 Å². The molecule has 1 radical (unpaired) electrons. The first-order valence-electron chi connectivity index (χ1n) is 4.96. The second kappa shape index (κ2) is 3.26. The SMILES string of the molecule is FC(F)(F)c1cccc2c1oc1[c]cccc12. The molecular weight excluding hydrogens is 229 g/mol. The van der Waals surface area contributed by atoms with Gasteiger partial charge in [-0.1, -0.05) is 30.3 Å². The maximum Gasteiger partial charge on any atom is 0.420 e. The molecule has 1 nitrogen and oxygen atoms in total. The zero-order valence-corrected chi connectivity index (χ0v) is 8.51. The molecule has 0 saturated heterocycles. The average molecular weight is 235 g/mol. The molecule has 2 aromatic carbocycles. The summed E-state index contributed by atoms with van der Waals surface area (Å²) < 4.78 is 43.6. The summed E-state index contributed by atoms with van der Waals surface area (Å²) >= 11 is 0. The number of alkyl halides is 3. The van der Waals surface area contributed by atoms with Gasteiger partial charge < -0.3 is 4.42 Å². The summed E-state index contributed by atoms with van der Waals surface area (Å²) in [7, 11) is 0. The van der Waals surface area contributed by atoms with Gasteiger partial charge in [-0.2, -0.15) is 13.2 Å². The van der Waals surface area contributed by atoms with Crippen LogP contribution in [0.4, 0.5) is 13.2 Å². The van der Waals surface area contributed by atoms with Crippen LogP contribution in [0.25, 0.3) is 21.9 Å². The van der Waals surface area contributed by atoms with Gasteiger partial charge in [0.15, 0.2) is 0 Å². The standard InChI is InChI=1S/C13H6F3O/c14-13(15,16)10-6-3-5-9-8-4-1-2-7-11(8)17-12(9)10/h1-6H. The second-order valence-corrected chi connectivity index (χ2v) is 3.69. The maximum absolute atomic E-state index is 12.8. The van der Waals surface area contributed by atoms with E-state index in [1.807, 2.05) is 0 Å². The Kier molecular flexibility index (Phi) is 1.96. The highest BCUT2D eigenvalue weighted by atomic mass is 19.4. The van der Waals surface area contributed by atoms with Crippen molar-refractivity contribution in [1.29, 1.82) is 0 Å². The van der Waals surface area contributed by atoms with Gasteiger partial charge in [0.05, 0.1) is 5.56 Å². The van der Waals surface area contributed by atoms with E-state index in [0.29, 0.717) is 16.4 Å². The van der Waals surface area contributed by atoms with E-state index in [2.05, 4.69) is 6.07 Å². The Balaban J connectivity index is 2.48. The largest absolute Gasteiger partial charge is 0.455 e. The first-order chi connectivity index (χ1) is 8.07. The van der Waals surface area contributed by atoms with E-state index in [9.17, 15) is 13.2 Å². The van der Waals surface area contributed by atoms with Crippen LogP contribution in [0.15, 0.2) is 40.8 Å². The van der Waals surface area contributed by atoms with E-state index in [-0.39, 0.29) is 5.58 Å². The average Bonchev–Trinajstić information content (AvgIpc) is 2.65. The van der Waals surface area contributed by atoms with Crippen molar-refractivity contribution < 1.29 is 17.6 Å². The van der Waals surface area contributed by atoms with E-state index in [1.165, 1.54) is 6.07 Å². The second-order valence-electron chi connectivity index (χ2n) is 3.69. The van der Waals surface area contributed by atoms with Crippen molar-refractivity contribution in [2.75, 3.05) is 0 Å². The summed E-state index contributed by atoms with van der Waals surface area (Å²) in [4.78, 5) is 0. The Morgan fingerprint density at radius 2 is 1.76 bits per heavy atom. The van der Waals surface area contributed by atoms with Crippen LogP contribution in [0.5, 0.6) is 0 Å². The molecule has 1 aromatic heterocycles. The van der Waals surface area contributed by atoms with Crippen molar-refractivity contribution in [1.82, 2.24) is 0 Å². The highest BCUT2D eigenvalue weighted by Gasteiger charge is 2.34. The molecule has 3 aromatic rings. The molecule has 0 atom stereocenters. The number of fused-ring (bicyclic) bond motifs is 3. The van der Waals surface area contributed by atoms with Gasteiger partial charge in [-0.25, -0.2) is 0 Å². The highest BCUT2D eigenvalue weighted by Crippen LogP contribution is 2.38. The van der Waals surface area contributed by atoms with Crippen molar-refractivity contribution in [2.45, 2.75) is 6.18 Å². The fourth-order valence-corrected chi connectivity index (χ4v) is 1.90. The highest BCUT2D eigenvalue weighted by molar-refractivity contribution is 6.05. The molecule has 0 fully saturated rings. The number of hydrogen-bond donors (Lipinski definition) is 0. The number of rotatable bonds is 0. The Hall–Kier alpha value is -1.97. The predicted octanol–water partition coefficient (Wildman–Crippen LogP) is 4.40. The molecule has 4 heteroatoms. The normalized spacial score (nSPS) is 12.4. The molecule has 0 aliphatic heterocycles. The third-order valence-electron chi connectivity index (χ3n) is 2.63. The number of para-hydroxylation sites is 2. The van der Waals surface area contributed by atoms with E-state index in [4.69, 9.17) is 4.42 Å². The van der Waals surface area contributed by atoms with Crippen molar-refractivity contribution in [3.8, 4) is 0 Å². The van der Waals surface area contributed by atoms with Crippen LogP contribution < -0.4 is 0 Å². The van der Waals surface area contributed by atoms with E-state index in [1.54, 1.807) is 24.3 Å². The molecule has 0 aliphatic rings. The van der Waals surface area contributed by atoms with Gasteiger partial charge in [0.2, 0.25) is 0 Å². The van der Waals surface area contributed by atoms with Crippen LogP contribution >= 0.6 is 0 Å². The van der Waals surface area contributed by atoms with E-state index >= 15 is 0 Å². The number of benzene rings is 2. The quantitative estimate of drug-likeness (QED) is 0.562. The van der Waals surface area contributed by atoms with Crippen LogP contribution in [0.3, 0.4) is 0 Å². The minimum absolute atomic E-state index is 0.127. The minimum atomic E-state index is -4.41. The van der Waals surface area contributed by atoms with Gasteiger partial charge in [-0.3, -0.25) is 0 Å². The summed E-state index contributed by atoms with van der Waals surface area (Å²) in [5.41, 5.74) is -0.531. The van der Waals surface area contributed by atoms with Crippen LogP contribution in [0.1, 0.15) is 5.56 Å². The van der Waals surface area contributed by atoms with Gasteiger partial charge in [0.25, 0.3) is 0 Å². The lowest BCUT2D eigenvalue weighted by atomic mass is 10.1. The summed E-state index contributed by atoms with van der Waals surface area (Å²) in [5.74, 6) is 0. The Morgan fingerprint density at radius 1 is 1.00 bits per heavy atom. The number of halogens is 3. The Bertz CT molecular complexity index is 695. The van der Waals surface area contributed by atoms with Crippen LogP contribution in [0.2, 0.25) is 0 Å². The van der Waals surface area contributed by atoms with Gasteiger partial charge in [0, 0.05) is 16.8 Å². The minimum Gasteiger partial charge on any atom is -0.455 e. The molecule has 0 amide bonds. The maximum atomic E-state index is 12.8. The lowest BCUT2D eigenvalue weighted by molar-refractivity contribution is -0.136. The molecule has 0 saturated carbocycles. The summed E-state index contributed by atoms with van der Waals surface area (Å²) in [6.45, 7) is 0. The van der Waals surface area contributed by atoms with Crippen LogP contribution in [-0.2, 0) is 6.18 Å². The third-order valence-corrected chi connectivity index (χ3v) is 2.63. The molecule has 1 heterocycles. The third kappa shape index (κ3) is 1.48. The molecule has 17 heavy (non-hydrogen) atoms. The zero-order valence-electron chi connectivity index (χ0n) is 8.51. The summed E-state index contributed by atoms with van der Waals surface area (Å²) in [6.07, 6.45) is -4.41. The van der Waals surface area contributed by atoms with Gasteiger partial charge in [-0.15, -0.1) is 0 Å². The first-order valence-corrected chi connectivity index (χ1v) is 4.96. The first kappa shape index (κ1) is 10.2. The zero-order chi connectivity index (χ0) is 12.0. The molecule has 3 rings (SSSR count). The topological polar surface area (TPSA) is 13.1 Å². The number of hydrogen-bond acceptors (Lipinski definition) is 1. The number of furan rings is 1. The van der Waals surface area contributed by atoms with Gasteiger partial charge >= 0.3 is 6.18 Å².